The molecule has 2 aromatic heterocycles. The zero-order valence-corrected chi connectivity index (χ0v) is 18.6. The molecule has 0 bridgehead atoms. The number of aryl methyl sites for hydroxylation is 1. The number of fused-ring (bicyclic) bond motifs is 2. The highest BCUT2D eigenvalue weighted by Crippen LogP contribution is 2.34. The van der Waals surface area contributed by atoms with Gasteiger partial charge in [0.1, 0.15) is 15.1 Å². The Labute approximate surface area is 179 Å². The van der Waals surface area contributed by atoms with Crippen molar-refractivity contribution >= 4 is 77.7 Å². The van der Waals surface area contributed by atoms with Gasteiger partial charge >= 0.3 is 5.13 Å². The van der Waals surface area contributed by atoms with Crippen LogP contribution >= 0.6 is 34.4 Å². The Bertz CT molecular complexity index is 1330. The number of allylic oxidation sites excluding steroid dienone is 1. The van der Waals surface area contributed by atoms with Crippen molar-refractivity contribution in [3.8, 4) is 0 Å². The molecule has 3 aromatic rings. The van der Waals surface area contributed by atoms with Gasteiger partial charge in [-0.1, -0.05) is 12.1 Å². The molecule has 0 saturated carbocycles. The molecule has 2 aliphatic rings. The lowest BCUT2D eigenvalue weighted by atomic mass is 10.3. The van der Waals surface area contributed by atoms with E-state index in [0.29, 0.717) is 16.6 Å². The zero-order chi connectivity index (χ0) is 20.1. The summed E-state index contributed by atoms with van der Waals surface area (Å²) in [4.78, 5) is 27.0. The molecule has 29 heavy (non-hydrogen) atoms. The maximum absolute atomic E-state index is 13.1. The first-order chi connectivity index (χ1) is 14.1. The number of benzene rings is 1. The van der Waals surface area contributed by atoms with E-state index >= 15 is 0 Å². The average Bonchev–Trinajstić information content (AvgIpc) is 3.37. The first-order valence-corrected chi connectivity index (χ1v) is 11.6. The van der Waals surface area contributed by atoms with E-state index in [1.54, 1.807) is 27.6 Å². The second-order valence-corrected chi connectivity index (χ2v) is 9.63. The summed E-state index contributed by atoms with van der Waals surface area (Å²) < 4.78 is 5.06. The van der Waals surface area contributed by atoms with Crippen LogP contribution in [0.5, 0.6) is 0 Å². The number of carbonyl (C=O) groups is 1. The second kappa shape index (κ2) is 7.08. The predicted octanol–water partition coefficient (Wildman–Crippen LogP) is 2.32. The van der Waals surface area contributed by atoms with Crippen molar-refractivity contribution < 1.29 is 9.36 Å². The van der Waals surface area contributed by atoms with Crippen molar-refractivity contribution in [3.05, 3.63) is 45.7 Å². The van der Waals surface area contributed by atoms with E-state index in [4.69, 9.17) is 9.98 Å². The van der Waals surface area contributed by atoms with Crippen LogP contribution in [-0.4, -0.2) is 34.6 Å². The molecule has 1 saturated heterocycles. The fourth-order valence-electron chi connectivity index (χ4n) is 3.28. The van der Waals surface area contributed by atoms with Crippen LogP contribution in [0, 0.1) is 0 Å². The third-order valence-electron chi connectivity index (χ3n) is 4.81. The summed E-state index contributed by atoms with van der Waals surface area (Å²) in [7, 11) is 3.97. The van der Waals surface area contributed by atoms with Gasteiger partial charge in [0.05, 0.1) is 16.3 Å². The number of aliphatic imine (C=N–C) groups is 1. The number of hydrogen-bond donors (Lipinski definition) is 0. The van der Waals surface area contributed by atoms with E-state index in [-0.39, 0.29) is 5.91 Å². The van der Waals surface area contributed by atoms with Crippen molar-refractivity contribution in [3.63, 3.8) is 0 Å². The van der Waals surface area contributed by atoms with Gasteiger partial charge < -0.3 is 4.90 Å². The highest BCUT2D eigenvalue weighted by Gasteiger charge is 2.38. The summed E-state index contributed by atoms with van der Waals surface area (Å²) in [6.45, 7) is 2.54. The molecule has 0 unspecified atom stereocenters. The minimum absolute atomic E-state index is 0.0262. The number of hydrogen-bond acceptors (Lipinski definition) is 7. The molecule has 0 radical (unpaired) electrons. The molecule has 5 rings (SSSR count). The van der Waals surface area contributed by atoms with E-state index in [2.05, 4.69) is 16.7 Å². The fraction of sp³-hybridized carbons (Fsp3) is 0.200. The van der Waals surface area contributed by atoms with Gasteiger partial charge in [0, 0.05) is 19.8 Å². The van der Waals surface area contributed by atoms with Gasteiger partial charge in [-0.2, -0.15) is 0 Å². The average molecular weight is 441 g/mol. The Morgan fingerprint density at radius 3 is 2.83 bits per heavy atom. The first kappa shape index (κ1) is 18.5. The van der Waals surface area contributed by atoms with Gasteiger partial charge in [-0.15, -0.1) is 11.3 Å². The lowest BCUT2D eigenvalue weighted by Crippen LogP contribution is -2.31. The van der Waals surface area contributed by atoms with Crippen LogP contribution in [0.3, 0.4) is 0 Å². The van der Waals surface area contributed by atoms with Crippen molar-refractivity contribution in [1.29, 1.82) is 0 Å². The monoisotopic (exact) mass is 440 g/mol. The summed E-state index contributed by atoms with van der Waals surface area (Å²) in [5, 5.41) is 1.58. The Morgan fingerprint density at radius 1 is 1.24 bits per heavy atom. The molecule has 0 spiro atoms. The van der Waals surface area contributed by atoms with E-state index in [0.717, 1.165) is 25.7 Å². The highest BCUT2D eigenvalue weighted by molar-refractivity contribution is 8.23. The molecular weight excluding hydrogens is 422 g/mol. The molecule has 0 N–H and O–H groups in total. The maximum atomic E-state index is 13.1. The normalized spacial score (nSPS) is 19.4. The van der Waals surface area contributed by atoms with Crippen LogP contribution in [0.2, 0.25) is 0 Å². The number of amides is 1. The molecule has 0 aliphatic carbocycles. The molecule has 1 aromatic carbocycles. The Kier molecular flexibility index (Phi) is 4.53. The molecule has 1 fully saturated rings. The number of carbonyl (C=O) groups excluding carboxylic acids is 1. The summed E-state index contributed by atoms with van der Waals surface area (Å²) in [5.41, 5.74) is 1.14. The van der Waals surface area contributed by atoms with Crippen LogP contribution in [0.15, 0.2) is 41.5 Å². The van der Waals surface area contributed by atoms with E-state index < -0.39 is 0 Å². The fourth-order valence-corrected chi connectivity index (χ4v) is 6.52. The number of rotatable bonds is 2. The van der Waals surface area contributed by atoms with Crippen LogP contribution in [0.25, 0.3) is 21.2 Å². The van der Waals surface area contributed by atoms with Gasteiger partial charge in [0.25, 0.3) is 11.1 Å². The number of thioether (sulfide) groups is 1. The SMILES string of the molecule is CCN1C(=O)/C(=c2/nc3c(s2)=CC=CN3C)SC1=Nc1sc2ccccc2[n+]1C. The molecule has 1 amide bonds. The van der Waals surface area contributed by atoms with Crippen molar-refractivity contribution in [2.45, 2.75) is 6.92 Å². The third-order valence-corrected chi connectivity index (χ3v) is 8.14. The molecule has 0 atom stereocenters. The summed E-state index contributed by atoms with van der Waals surface area (Å²) in [6.07, 6.45) is 5.99. The summed E-state index contributed by atoms with van der Waals surface area (Å²) >= 11 is 4.59. The first-order valence-electron chi connectivity index (χ1n) is 9.15. The maximum Gasteiger partial charge on any atom is 0.385 e. The Morgan fingerprint density at radius 2 is 2.07 bits per heavy atom. The topological polar surface area (TPSA) is 52.7 Å². The number of anilines is 1. The van der Waals surface area contributed by atoms with E-state index in [1.807, 2.05) is 56.4 Å². The number of amidine groups is 1. The largest absolute Gasteiger partial charge is 0.385 e. The Hall–Kier alpha value is -2.49. The number of nitrogens with zero attached hydrogens (tertiary/aromatic N) is 5. The molecular formula is C20H18N5OS3+. The minimum atomic E-state index is -0.0262. The second-order valence-electron chi connectivity index (χ2n) is 6.61. The van der Waals surface area contributed by atoms with Crippen LogP contribution in [0.4, 0.5) is 10.9 Å². The standard InChI is InChI=1S/C20H18N5OS3/c1-4-25-18(26)15(17-21-16-14(27-17)10-7-11-23(16)2)29-20(25)22-19-24(3)12-8-5-6-9-13(12)28-19/h5-11H,4H2,1-3H3/q+1/b17-15+. The summed E-state index contributed by atoms with van der Waals surface area (Å²) in [5.74, 6) is 0.861. The van der Waals surface area contributed by atoms with Gasteiger partial charge in [0.15, 0.2) is 5.82 Å². The lowest BCUT2D eigenvalue weighted by Gasteiger charge is -2.11. The molecule has 4 heterocycles. The minimum Gasteiger partial charge on any atom is -0.335 e. The molecule has 6 nitrogen and oxygen atoms in total. The molecule has 9 heteroatoms. The van der Waals surface area contributed by atoms with E-state index in [9.17, 15) is 4.79 Å². The van der Waals surface area contributed by atoms with Crippen molar-refractivity contribution in [2.24, 2.45) is 12.0 Å². The number of thiazole rings is 2. The molecule has 2 aliphatic heterocycles. The number of aromatic nitrogens is 2. The van der Waals surface area contributed by atoms with Gasteiger partial charge in [-0.25, -0.2) is 9.55 Å². The molecule has 146 valence electrons. The summed E-state index contributed by atoms with van der Waals surface area (Å²) in [6, 6.07) is 8.23. The smallest absolute Gasteiger partial charge is 0.335 e. The highest BCUT2D eigenvalue weighted by atomic mass is 32.2. The predicted molar refractivity (Wildman–Crippen MR) is 122 cm³/mol. The van der Waals surface area contributed by atoms with Crippen molar-refractivity contribution in [1.82, 2.24) is 9.88 Å². The third kappa shape index (κ3) is 3.00. The zero-order valence-electron chi connectivity index (χ0n) is 16.1. The van der Waals surface area contributed by atoms with Gasteiger partial charge in [-0.3, -0.25) is 9.69 Å². The van der Waals surface area contributed by atoms with Crippen molar-refractivity contribution in [2.75, 3.05) is 18.5 Å². The Balaban J connectivity index is 1.62. The van der Waals surface area contributed by atoms with Gasteiger partial charge in [0.2, 0.25) is 0 Å². The van der Waals surface area contributed by atoms with Crippen LogP contribution in [-0.2, 0) is 11.8 Å². The number of para-hydroxylation sites is 1. The van der Waals surface area contributed by atoms with Gasteiger partial charge in [-0.05, 0) is 59.3 Å². The quantitative estimate of drug-likeness (QED) is 0.574. The van der Waals surface area contributed by atoms with Crippen LogP contribution < -0.4 is 18.7 Å². The lowest BCUT2D eigenvalue weighted by molar-refractivity contribution is -0.627. The van der Waals surface area contributed by atoms with E-state index in [1.165, 1.54) is 16.5 Å². The van der Waals surface area contributed by atoms with Crippen LogP contribution in [0.1, 0.15) is 6.92 Å².